The number of likely N-dealkylation sites (tertiary alicyclic amines) is 1. The molecule has 1 amide bonds. The molecule has 0 aromatic rings. The molecule has 2 aliphatic heterocycles. The highest BCUT2D eigenvalue weighted by Crippen LogP contribution is 2.41. The molecule has 3 aliphatic rings. The smallest absolute Gasteiger partial charge is 0.335 e. The van der Waals surface area contributed by atoms with Crippen molar-refractivity contribution in [2.75, 3.05) is 13.1 Å². The molecule has 0 bridgehead atoms. The van der Waals surface area contributed by atoms with Gasteiger partial charge in [0.15, 0.2) is 0 Å². The van der Waals surface area contributed by atoms with E-state index >= 15 is 0 Å². The standard InChI is InChI=1S/C15H23F3N2O/c1-9-6-11-7-19-8-13(11)20(9)14(21)10-2-4-12(5-3-10)15(16,17)18/h9-13,19H,2-8H2,1H3. The van der Waals surface area contributed by atoms with Crippen LogP contribution in [0.4, 0.5) is 13.2 Å². The molecule has 3 nitrogen and oxygen atoms in total. The monoisotopic (exact) mass is 304 g/mol. The summed E-state index contributed by atoms with van der Waals surface area (Å²) in [7, 11) is 0. The van der Waals surface area contributed by atoms with E-state index in [4.69, 9.17) is 0 Å². The van der Waals surface area contributed by atoms with Gasteiger partial charge in [-0.15, -0.1) is 0 Å². The van der Waals surface area contributed by atoms with Crippen molar-refractivity contribution >= 4 is 5.91 Å². The molecule has 1 aliphatic carbocycles. The second kappa shape index (κ2) is 5.45. The number of fused-ring (bicyclic) bond motifs is 1. The zero-order valence-corrected chi connectivity index (χ0v) is 12.3. The Kier molecular flexibility index (Phi) is 3.93. The number of carbonyl (C=O) groups excluding carboxylic acids is 1. The molecule has 0 radical (unpaired) electrons. The van der Waals surface area contributed by atoms with Crippen LogP contribution in [0.5, 0.6) is 0 Å². The maximum atomic E-state index is 12.7. The molecule has 3 unspecified atom stereocenters. The number of nitrogens with one attached hydrogen (secondary N) is 1. The zero-order valence-electron chi connectivity index (χ0n) is 12.3. The predicted octanol–water partition coefficient (Wildman–Crippen LogP) is 2.56. The molecule has 0 aromatic heterocycles. The lowest BCUT2D eigenvalue weighted by Gasteiger charge is -2.35. The molecule has 3 fully saturated rings. The first-order valence-electron chi connectivity index (χ1n) is 7.97. The molecule has 0 spiro atoms. The van der Waals surface area contributed by atoms with Gasteiger partial charge in [0.1, 0.15) is 0 Å². The van der Waals surface area contributed by atoms with E-state index < -0.39 is 12.1 Å². The number of halogens is 3. The van der Waals surface area contributed by atoms with Gasteiger partial charge in [-0.25, -0.2) is 0 Å². The number of nitrogens with zero attached hydrogens (tertiary/aromatic N) is 1. The average Bonchev–Trinajstić information content (AvgIpc) is 2.97. The van der Waals surface area contributed by atoms with Gasteiger partial charge in [0, 0.05) is 31.1 Å². The van der Waals surface area contributed by atoms with Crippen LogP contribution in [0, 0.1) is 17.8 Å². The first kappa shape index (κ1) is 15.1. The van der Waals surface area contributed by atoms with Crippen LogP contribution in [-0.4, -0.2) is 42.2 Å². The second-order valence-corrected chi connectivity index (χ2v) is 6.91. The van der Waals surface area contributed by atoms with Gasteiger partial charge >= 0.3 is 6.18 Å². The third-order valence-corrected chi connectivity index (χ3v) is 5.57. The molecule has 6 heteroatoms. The van der Waals surface area contributed by atoms with Crippen LogP contribution in [0.1, 0.15) is 39.0 Å². The molecule has 2 heterocycles. The number of hydrogen-bond acceptors (Lipinski definition) is 2. The van der Waals surface area contributed by atoms with E-state index in [1.807, 2.05) is 4.90 Å². The lowest BCUT2D eigenvalue weighted by molar-refractivity contribution is -0.185. The van der Waals surface area contributed by atoms with Crippen molar-refractivity contribution in [3.05, 3.63) is 0 Å². The van der Waals surface area contributed by atoms with E-state index in [0.717, 1.165) is 19.5 Å². The zero-order chi connectivity index (χ0) is 15.2. The van der Waals surface area contributed by atoms with Gasteiger partial charge in [-0.2, -0.15) is 13.2 Å². The van der Waals surface area contributed by atoms with Gasteiger partial charge in [0.25, 0.3) is 0 Å². The van der Waals surface area contributed by atoms with Crippen molar-refractivity contribution in [3.63, 3.8) is 0 Å². The molecule has 2 saturated heterocycles. The van der Waals surface area contributed by atoms with Crippen LogP contribution in [0.25, 0.3) is 0 Å². The quantitative estimate of drug-likeness (QED) is 0.807. The Balaban J connectivity index is 1.62. The highest BCUT2D eigenvalue weighted by Gasteiger charge is 2.47. The fraction of sp³-hybridized carbons (Fsp3) is 0.933. The van der Waals surface area contributed by atoms with Crippen LogP contribution in [0.2, 0.25) is 0 Å². The van der Waals surface area contributed by atoms with E-state index in [2.05, 4.69) is 12.2 Å². The topological polar surface area (TPSA) is 32.3 Å². The minimum absolute atomic E-state index is 0.0966. The number of carbonyl (C=O) groups is 1. The Bertz CT molecular complexity index is 404. The van der Waals surface area contributed by atoms with Gasteiger partial charge in [-0.1, -0.05) is 0 Å². The molecular weight excluding hydrogens is 281 g/mol. The predicted molar refractivity (Wildman–Crippen MR) is 72.6 cm³/mol. The van der Waals surface area contributed by atoms with Crippen LogP contribution in [0.3, 0.4) is 0 Å². The summed E-state index contributed by atoms with van der Waals surface area (Å²) in [5, 5.41) is 3.32. The first-order chi connectivity index (χ1) is 9.88. The number of hydrogen-bond donors (Lipinski definition) is 1. The van der Waals surface area contributed by atoms with Crippen molar-refractivity contribution in [2.24, 2.45) is 17.8 Å². The van der Waals surface area contributed by atoms with Gasteiger partial charge in [0.05, 0.1) is 5.92 Å². The minimum Gasteiger partial charge on any atom is -0.335 e. The third-order valence-electron chi connectivity index (χ3n) is 5.57. The highest BCUT2D eigenvalue weighted by molar-refractivity contribution is 5.80. The summed E-state index contributed by atoms with van der Waals surface area (Å²) in [6, 6.07) is 0.489. The van der Waals surface area contributed by atoms with Gasteiger partial charge in [-0.3, -0.25) is 4.79 Å². The van der Waals surface area contributed by atoms with Crippen LogP contribution < -0.4 is 5.32 Å². The Hall–Kier alpha value is -0.780. The number of rotatable bonds is 1. The molecule has 1 saturated carbocycles. The summed E-state index contributed by atoms with van der Waals surface area (Å²) in [4.78, 5) is 14.7. The van der Waals surface area contributed by atoms with Crippen molar-refractivity contribution in [2.45, 2.75) is 57.3 Å². The fourth-order valence-electron chi connectivity index (χ4n) is 4.42. The maximum Gasteiger partial charge on any atom is 0.391 e. The van der Waals surface area contributed by atoms with Crippen molar-refractivity contribution in [1.29, 1.82) is 0 Å². The lowest BCUT2D eigenvalue weighted by Crippen LogP contribution is -2.46. The Morgan fingerprint density at radius 1 is 1.14 bits per heavy atom. The largest absolute Gasteiger partial charge is 0.391 e. The normalized spacial score (nSPS) is 40.4. The molecule has 120 valence electrons. The van der Waals surface area contributed by atoms with Crippen molar-refractivity contribution < 1.29 is 18.0 Å². The summed E-state index contributed by atoms with van der Waals surface area (Å²) >= 11 is 0. The van der Waals surface area contributed by atoms with Crippen molar-refractivity contribution in [3.8, 4) is 0 Å². The first-order valence-corrected chi connectivity index (χ1v) is 7.97. The Morgan fingerprint density at radius 3 is 2.43 bits per heavy atom. The van der Waals surface area contributed by atoms with Crippen LogP contribution >= 0.6 is 0 Å². The van der Waals surface area contributed by atoms with Gasteiger partial charge < -0.3 is 10.2 Å². The van der Waals surface area contributed by atoms with Crippen LogP contribution in [-0.2, 0) is 4.79 Å². The molecule has 0 aromatic carbocycles. The Morgan fingerprint density at radius 2 is 1.81 bits per heavy atom. The summed E-state index contributed by atoms with van der Waals surface area (Å²) in [5.41, 5.74) is 0. The second-order valence-electron chi connectivity index (χ2n) is 6.91. The van der Waals surface area contributed by atoms with E-state index in [9.17, 15) is 18.0 Å². The van der Waals surface area contributed by atoms with E-state index in [1.165, 1.54) is 0 Å². The lowest BCUT2D eigenvalue weighted by atomic mass is 9.81. The van der Waals surface area contributed by atoms with Crippen LogP contribution in [0.15, 0.2) is 0 Å². The minimum atomic E-state index is -4.10. The van der Waals surface area contributed by atoms with E-state index in [1.54, 1.807) is 0 Å². The molecule has 21 heavy (non-hydrogen) atoms. The number of alkyl halides is 3. The highest BCUT2D eigenvalue weighted by atomic mass is 19.4. The van der Waals surface area contributed by atoms with E-state index in [-0.39, 0.29) is 36.8 Å². The third kappa shape index (κ3) is 2.79. The average molecular weight is 304 g/mol. The van der Waals surface area contributed by atoms with Gasteiger partial charge in [0.2, 0.25) is 5.91 Å². The maximum absolute atomic E-state index is 12.7. The summed E-state index contributed by atoms with van der Waals surface area (Å²) in [6.07, 6.45) is -2.10. The summed E-state index contributed by atoms with van der Waals surface area (Å²) in [6.45, 7) is 3.86. The summed E-state index contributed by atoms with van der Waals surface area (Å²) < 4.78 is 38.1. The molecule has 3 rings (SSSR count). The SMILES string of the molecule is CC1CC2CNCC2N1C(=O)C1CCC(C(F)(F)F)CC1. The van der Waals surface area contributed by atoms with E-state index in [0.29, 0.717) is 18.8 Å². The molecular formula is C15H23F3N2O. The van der Waals surface area contributed by atoms with Gasteiger partial charge in [-0.05, 0) is 44.9 Å². The fourth-order valence-corrected chi connectivity index (χ4v) is 4.42. The van der Waals surface area contributed by atoms with Crippen molar-refractivity contribution in [1.82, 2.24) is 10.2 Å². The summed E-state index contributed by atoms with van der Waals surface area (Å²) in [5.74, 6) is -0.793. The molecule has 3 atom stereocenters. The molecule has 1 N–H and O–H groups in total. The Labute approximate surface area is 123 Å². The number of amides is 1.